The van der Waals surface area contributed by atoms with Gasteiger partial charge >= 0.3 is 0 Å². The predicted molar refractivity (Wildman–Crippen MR) is 70.1 cm³/mol. The van der Waals surface area contributed by atoms with Crippen molar-refractivity contribution in [2.75, 3.05) is 5.73 Å². The summed E-state index contributed by atoms with van der Waals surface area (Å²) in [6, 6.07) is 4.58. The Kier molecular flexibility index (Phi) is 3.48. The molecule has 0 aliphatic rings. The predicted octanol–water partition coefficient (Wildman–Crippen LogP) is 3.06. The minimum absolute atomic E-state index is 0.233. The van der Waals surface area contributed by atoms with E-state index in [1.54, 1.807) is 12.1 Å². The van der Waals surface area contributed by atoms with Gasteiger partial charge in [-0.15, -0.1) is 0 Å². The van der Waals surface area contributed by atoms with Gasteiger partial charge in [-0.1, -0.05) is 17.7 Å². The fraction of sp³-hybridized carbons (Fsp3) is 0.231. The van der Waals surface area contributed by atoms with E-state index in [4.69, 9.17) is 17.3 Å². The molecule has 0 unspecified atom stereocenters. The van der Waals surface area contributed by atoms with Gasteiger partial charge < -0.3 is 5.73 Å². The topological polar surface area (TPSA) is 51.8 Å². The Morgan fingerprint density at radius 3 is 2.61 bits per heavy atom. The third-order valence-electron chi connectivity index (χ3n) is 2.87. The Bertz CT molecular complexity index is 556. The standard InChI is InChI=1S/C13H13ClFN3/c1-7-8(2)17-12(18-13(7)16)6-9-10(14)4-3-5-11(9)15/h3-5H,6H2,1-2H3,(H2,16,17,18). The molecule has 5 heteroatoms. The van der Waals surface area contributed by atoms with Gasteiger partial charge in [0.1, 0.15) is 17.5 Å². The van der Waals surface area contributed by atoms with Gasteiger partial charge in [0, 0.05) is 28.3 Å². The van der Waals surface area contributed by atoms with Crippen LogP contribution in [0, 0.1) is 19.7 Å². The maximum Gasteiger partial charge on any atom is 0.135 e. The van der Waals surface area contributed by atoms with Gasteiger partial charge in [-0.2, -0.15) is 0 Å². The lowest BCUT2D eigenvalue weighted by atomic mass is 10.1. The van der Waals surface area contributed by atoms with Gasteiger partial charge in [0.15, 0.2) is 0 Å². The largest absolute Gasteiger partial charge is 0.383 e. The summed E-state index contributed by atoms with van der Waals surface area (Å²) in [5, 5.41) is 0.371. The number of nitrogen functional groups attached to an aromatic ring is 1. The van der Waals surface area contributed by atoms with Crippen LogP contribution in [-0.2, 0) is 6.42 Å². The zero-order chi connectivity index (χ0) is 13.3. The number of halogens is 2. The SMILES string of the molecule is Cc1nc(Cc2c(F)cccc2Cl)nc(N)c1C. The van der Waals surface area contributed by atoms with Crippen LogP contribution in [0.4, 0.5) is 10.2 Å². The van der Waals surface area contributed by atoms with Crippen molar-refractivity contribution in [2.45, 2.75) is 20.3 Å². The summed E-state index contributed by atoms with van der Waals surface area (Å²) in [7, 11) is 0. The van der Waals surface area contributed by atoms with Crippen molar-refractivity contribution in [3.8, 4) is 0 Å². The van der Waals surface area contributed by atoms with E-state index in [0.717, 1.165) is 11.3 Å². The monoisotopic (exact) mass is 265 g/mol. The van der Waals surface area contributed by atoms with Crippen molar-refractivity contribution in [2.24, 2.45) is 0 Å². The quantitative estimate of drug-likeness (QED) is 0.908. The second kappa shape index (κ2) is 4.90. The summed E-state index contributed by atoms with van der Waals surface area (Å²) < 4.78 is 13.6. The van der Waals surface area contributed by atoms with Crippen molar-refractivity contribution < 1.29 is 4.39 Å². The number of benzene rings is 1. The fourth-order valence-corrected chi connectivity index (χ4v) is 1.88. The molecule has 0 aliphatic carbocycles. The number of aryl methyl sites for hydroxylation is 1. The molecule has 0 aliphatic heterocycles. The molecule has 1 aromatic carbocycles. The van der Waals surface area contributed by atoms with Gasteiger partial charge in [0.05, 0.1) is 0 Å². The maximum absolute atomic E-state index is 13.6. The summed E-state index contributed by atoms with van der Waals surface area (Å²) >= 11 is 5.96. The number of hydrogen-bond acceptors (Lipinski definition) is 3. The number of nitrogens with two attached hydrogens (primary N) is 1. The Balaban J connectivity index is 2.41. The van der Waals surface area contributed by atoms with Gasteiger partial charge in [0.25, 0.3) is 0 Å². The Hall–Kier alpha value is -1.68. The van der Waals surface area contributed by atoms with Crippen molar-refractivity contribution in [3.05, 3.63) is 51.7 Å². The van der Waals surface area contributed by atoms with E-state index in [0.29, 0.717) is 22.2 Å². The molecule has 0 saturated carbocycles. The van der Waals surface area contributed by atoms with E-state index >= 15 is 0 Å². The molecule has 94 valence electrons. The molecule has 2 N–H and O–H groups in total. The van der Waals surface area contributed by atoms with Gasteiger partial charge in [0.2, 0.25) is 0 Å². The average Bonchev–Trinajstić information content (AvgIpc) is 2.31. The molecule has 3 nitrogen and oxygen atoms in total. The first kappa shape index (κ1) is 12.8. The van der Waals surface area contributed by atoms with E-state index < -0.39 is 0 Å². The zero-order valence-electron chi connectivity index (χ0n) is 10.2. The molecule has 2 rings (SSSR count). The van der Waals surface area contributed by atoms with Crippen LogP contribution in [0.25, 0.3) is 0 Å². The first-order valence-electron chi connectivity index (χ1n) is 5.51. The van der Waals surface area contributed by atoms with Crippen LogP contribution in [0.2, 0.25) is 5.02 Å². The third kappa shape index (κ3) is 2.43. The molecule has 0 radical (unpaired) electrons. The minimum atomic E-state index is -0.358. The number of rotatable bonds is 2. The van der Waals surface area contributed by atoms with Crippen molar-refractivity contribution in [3.63, 3.8) is 0 Å². The molecular weight excluding hydrogens is 253 g/mol. The fourth-order valence-electron chi connectivity index (χ4n) is 1.65. The third-order valence-corrected chi connectivity index (χ3v) is 3.22. The molecule has 0 bridgehead atoms. The van der Waals surface area contributed by atoms with Crippen molar-refractivity contribution >= 4 is 17.4 Å². The molecule has 0 spiro atoms. The van der Waals surface area contributed by atoms with Crippen LogP contribution in [0.5, 0.6) is 0 Å². The summed E-state index contributed by atoms with van der Waals surface area (Å²) in [4.78, 5) is 8.45. The average molecular weight is 266 g/mol. The highest BCUT2D eigenvalue weighted by atomic mass is 35.5. The minimum Gasteiger partial charge on any atom is -0.383 e. The molecule has 0 saturated heterocycles. The molecule has 0 fully saturated rings. The summed E-state index contributed by atoms with van der Waals surface area (Å²) in [6.45, 7) is 3.70. The Labute approximate surface area is 110 Å². The van der Waals surface area contributed by atoms with Gasteiger partial charge in [-0.05, 0) is 26.0 Å². The highest BCUT2D eigenvalue weighted by molar-refractivity contribution is 6.31. The lowest BCUT2D eigenvalue weighted by Gasteiger charge is -2.08. The molecule has 0 amide bonds. The van der Waals surface area contributed by atoms with Crippen LogP contribution in [0.1, 0.15) is 22.6 Å². The normalized spacial score (nSPS) is 10.7. The Morgan fingerprint density at radius 1 is 1.28 bits per heavy atom. The molecule has 0 atom stereocenters. The molecule has 1 heterocycles. The lowest BCUT2D eigenvalue weighted by molar-refractivity contribution is 0.612. The van der Waals surface area contributed by atoms with Crippen molar-refractivity contribution in [1.29, 1.82) is 0 Å². The number of nitrogens with zero attached hydrogens (tertiary/aromatic N) is 2. The molecule has 2 aromatic rings. The summed E-state index contributed by atoms with van der Waals surface area (Å²) in [5.74, 6) is 0.537. The van der Waals surface area contributed by atoms with Crippen LogP contribution in [0.3, 0.4) is 0 Å². The summed E-state index contributed by atoms with van der Waals surface area (Å²) in [5.41, 5.74) is 7.81. The number of aromatic nitrogens is 2. The smallest absolute Gasteiger partial charge is 0.135 e. The molecular formula is C13H13ClFN3. The van der Waals surface area contributed by atoms with Crippen LogP contribution in [0.15, 0.2) is 18.2 Å². The van der Waals surface area contributed by atoms with E-state index in [9.17, 15) is 4.39 Å². The van der Waals surface area contributed by atoms with E-state index in [1.807, 2.05) is 13.8 Å². The first-order chi connectivity index (χ1) is 8.49. The van der Waals surface area contributed by atoms with Crippen LogP contribution < -0.4 is 5.73 Å². The highest BCUT2D eigenvalue weighted by Crippen LogP contribution is 2.22. The van der Waals surface area contributed by atoms with Gasteiger partial charge in [-0.25, -0.2) is 14.4 Å². The van der Waals surface area contributed by atoms with Crippen molar-refractivity contribution in [1.82, 2.24) is 9.97 Å². The first-order valence-corrected chi connectivity index (χ1v) is 5.89. The number of anilines is 1. The van der Waals surface area contributed by atoms with Gasteiger partial charge in [-0.3, -0.25) is 0 Å². The Morgan fingerprint density at radius 2 is 2.00 bits per heavy atom. The summed E-state index contributed by atoms with van der Waals surface area (Å²) in [6.07, 6.45) is 0.233. The van der Waals surface area contributed by atoms with E-state index in [-0.39, 0.29) is 12.2 Å². The highest BCUT2D eigenvalue weighted by Gasteiger charge is 2.11. The zero-order valence-corrected chi connectivity index (χ0v) is 10.9. The van der Waals surface area contributed by atoms with Crippen LogP contribution >= 0.6 is 11.6 Å². The van der Waals surface area contributed by atoms with E-state index in [1.165, 1.54) is 6.07 Å². The molecule has 1 aromatic heterocycles. The maximum atomic E-state index is 13.6. The molecule has 18 heavy (non-hydrogen) atoms. The van der Waals surface area contributed by atoms with Crippen LogP contribution in [-0.4, -0.2) is 9.97 Å². The second-order valence-electron chi connectivity index (χ2n) is 4.11. The lowest BCUT2D eigenvalue weighted by Crippen LogP contribution is -2.06. The number of hydrogen-bond donors (Lipinski definition) is 1. The van der Waals surface area contributed by atoms with E-state index in [2.05, 4.69) is 9.97 Å². The second-order valence-corrected chi connectivity index (χ2v) is 4.52.